The molecule has 0 atom stereocenters. The molecule has 1 aliphatic carbocycles. The van der Waals surface area contributed by atoms with Gasteiger partial charge in [0.25, 0.3) is 0 Å². The van der Waals surface area contributed by atoms with Gasteiger partial charge in [0.05, 0.1) is 22.1 Å². The lowest BCUT2D eigenvalue weighted by Crippen LogP contribution is -2.15. The number of rotatable bonds is 3. The second kappa shape index (κ2) is 9.54. The van der Waals surface area contributed by atoms with Gasteiger partial charge in [-0.2, -0.15) is 0 Å². The van der Waals surface area contributed by atoms with Crippen molar-refractivity contribution >= 4 is 43.6 Å². The zero-order valence-electron chi connectivity index (χ0n) is 26.3. The molecule has 3 heteroatoms. The summed E-state index contributed by atoms with van der Waals surface area (Å²) in [6.07, 6.45) is 1.90. The fourth-order valence-corrected chi connectivity index (χ4v) is 8.27. The number of nitrogens with zero attached hydrogens (tertiary/aromatic N) is 3. The molecule has 0 bridgehead atoms. The minimum Gasteiger partial charge on any atom is -0.309 e. The first kappa shape index (κ1) is 26.3. The molecule has 3 aromatic heterocycles. The fraction of sp³-hybridized carbons (Fsp3) is 0.0682. The van der Waals surface area contributed by atoms with E-state index in [-0.39, 0.29) is 5.41 Å². The van der Waals surface area contributed by atoms with Crippen LogP contribution in [0.2, 0.25) is 0 Å². The van der Waals surface area contributed by atoms with Crippen LogP contribution in [0.15, 0.2) is 152 Å². The molecule has 9 aromatic rings. The van der Waals surface area contributed by atoms with E-state index in [0.717, 1.165) is 28.0 Å². The van der Waals surface area contributed by atoms with E-state index < -0.39 is 0 Å². The molecule has 10 rings (SSSR count). The zero-order valence-corrected chi connectivity index (χ0v) is 26.3. The molecular weight excluding hydrogens is 571 g/mol. The molecule has 0 saturated heterocycles. The fourth-order valence-electron chi connectivity index (χ4n) is 8.27. The largest absolute Gasteiger partial charge is 0.309 e. The Balaban J connectivity index is 1.29. The van der Waals surface area contributed by atoms with Gasteiger partial charge in [0.1, 0.15) is 5.82 Å². The first-order chi connectivity index (χ1) is 23.1. The van der Waals surface area contributed by atoms with Crippen LogP contribution >= 0.6 is 0 Å². The third-order valence-corrected chi connectivity index (χ3v) is 10.4. The Hall–Kier alpha value is -5.93. The summed E-state index contributed by atoms with van der Waals surface area (Å²) < 4.78 is 4.82. The van der Waals surface area contributed by atoms with Crippen LogP contribution in [-0.4, -0.2) is 14.1 Å². The van der Waals surface area contributed by atoms with Gasteiger partial charge >= 0.3 is 0 Å². The van der Waals surface area contributed by atoms with Gasteiger partial charge in [0, 0.05) is 44.4 Å². The van der Waals surface area contributed by atoms with E-state index in [4.69, 9.17) is 4.98 Å². The number of hydrogen-bond donors (Lipinski definition) is 0. The van der Waals surface area contributed by atoms with Crippen LogP contribution in [-0.2, 0) is 5.41 Å². The van der Waals surface area contributed by atoms with Gasteiger partial charge in [0.15, 0.2) is 0 Å². The van der Waals surface area contributed by atoms with Gasteiger partial charge < -0.3 is 4.57 Å². The van der Waals surface area contributed by atoms with Crippen molar-refractivity contribution in [2.45, 2.75) is 19.3 Å². The van der Waals surface area contributed by atoms with Gasteiger partial charge in [0.2, 0.25) is 0 Å². The highest BCUT2D eigenvalue weighted by atomic mass is 15.1. The maximum atomic E-state index is 5.01. The Bertz CT molecular complexity index is 2710. The summed E-state index contributed by atoms with van der Waals surface area (Å²) in [6.45, 7) is 4.71. The van der Waals surface area contributed by atoms with Crippen molar-refractivity contribution in [2.24, 2.45) is 0 Å². The average Bonchev–Trinajstić information content (AvgIpc) is 3.72. The molecule has 3 nitrogen and oxygen atoms in total. The van der Waals surface area contributed by atoms with Gasteiger partial charge in [-0.25, -0.2) is 4.98 Å². The summed E-state index contributed by atoms with van der Waals surface area (Å²) >= 11 is 0. The third-order valence-electron chi connectivity index (χ3n) is 10.4. The van der Waals surface area contributed by atoms with E-state index in [1.165, 1.54) is 60.5 Å². The first-order valence-corrected chi connectivity index (χ1v) is 16.3. The Kier molecular flexibility index (Phi) is 5.34. The summed E-state index contributed by atoms with van der Waals surface area (Å²) in [4.78, 5) is 5.01. The average molecular weight is 602 g/mol. The molecule has 1 aliphatic rings. The lowest BCUT2D eigenvalue weighted by atomic mass is 9.82. The molecule has 0 fully saturated rings. The number of para-hydroxylation sites is 2. The first-order valence-electron chi connectivity index (χ1n) is 16.3. The van der Waals surface area contributed by atoms with Gasteiger partial charge in [-0.15, -0.1) is 0 Å². The topological polar surface area (TPSA) is 22.8 Å². The second-order valence-electron chi connectivity index (χ2n) is 13.2. The van der Waals surface area contributed by atoms with Crippen LogP contribution in [0, 0.1) is 0 Å². The van der Waals surface area contributed by atoms with Crippen LogP contribution in [0.4, 0.5) is 0 Å². The van der Waals surface area contributed by atoms with Crippen molar-refractivity contribution < 1.29 is 0 Å². The summed E-state index contributed by atoms with van der Waals surface area (Å²) in [5, 5.41) is 5.01. The molecule has 47 heavy (non-hydrogen) atoms. The third kappa shape index (κ3) is 3.54. The van der Waals surface area contributed by atoms with E-state index in [2.05, 4.69) is 163 Å². The summed E-state index contributed by atoms with van der Waals surface area (Å²) in [6, 6.07) is 53.0. The number of benzene rings is 6. The maximum absolute atomic E-state index is 5.01. The number of aromatic nitrogens is 3. The van der Waals surface area contributed by atoms with E-state index >= 15 is 0 Å². The van der Waals surface area contributed by atoms with Crippen LogP contribution in [0.1, 0.15) is 25.0 Å². The van der Waals surface area contributed by atoms with Crippen molar-refractivity contribution in [1.29, 1.82) is 0 Å². The Morgan fingerprint density at radius 2 is 1.06 bits per heavy atom. The second-order valence-corrected chi connectivity index (χ2v) is 13.2. The molecule has 0 unspecified atom stereocenters. The molecule has 3 heterocycles. The lowest BCUT2D eigenvalue weighted by molar-refractivity contribution is 0.660. The molecule has 0 amide bonds. The molecule has 222 valence electrons. The minimum absolute atomic E-state index is 0.0689. The van der Waals surface area contributed by atoms with Gasteiger partial charge in [-0.05, 0) is 76.3 Å². The Morgan fingerprint density at radius 3 is 1.83 bits per heavy atom. The molecule has 0 radical (unpaired) electrons. The molecule has 0 N–H and O–H groups in total. The summed E-state index contributed by atoms with van der Waals surface area (Å²) in [7, 11) is 0. The highest BCUT2D eigenvalue weighted by Crippen LogP contribution is 2.50. The van der Waals surface area contributed by atoms with Crippen LogP contribution in [0.5, 0.6) is 0 Å². The smallest absolute Gasteiger partial charge is 0.145 e. The highest BCUT2D eigenvalue weighted by molar-refractivity contribution is 6.29. The van der Waals surface area contributed by atoms with Crippen molar-refractivity contribution in [3.8, 4) is 33.8 Å². The van der Waals surface area contributed by atoms with Crippen LogP contribution in [0.25, 0.3) is 77.4 Å². The standard InChI is InChI=1S/C44H31N3/c1-44(2)35-19-9-6-15-31(35)32-23-22-29(27-36(32)44)46-37-20-10-7-16-33(37)41-39(46)24-25-40-42(41)34-17-8-11-21-38(34)47(40)43-30(18-12-26-45-43)28-13-4-3-5-14-28/h3-27H,1-2H3. The normalized spacial score (nSPS) is 13.5. The predicted octanol–water partition coefficient (Wildman–Crippen LogP) is 11.2. The molecule has 0 spiro atoms. The van der Waals surface area contributed by atoms with E-state index in [9.17, 15) is 0 Å². The summed E-state index contributed by atoms with van der Waals surface area (Å²) in [5.41, 5.74) is 13.6. The van der Waals surface area contributed by atoms with Crippen LogP contribution < -0.4 is 0 Å². The molecule has 0 aliphatic heterocycles. The molecule has 6 aromatic carbocycles. The van der Waals surface area contributed by atoms with Crippen molar-refractivity contribution in [1.82, 2.24) is 14.1 Å². The van der Waals surface area contributed by atoms with E-state index in [0.29, 0.717) is 0 Å². The summed E-state index contributed by atoms with van der Waals surface area (Å²) in [5.74, 6) is 0.938. The maximum Gasteiger partial charge on any atom is 0.145 e. The molecular formula is C44H31N3. The van der Waals surface area contributed by atoms with Crippen LogP contribution in [0.3, 0.4) is 0 Å². The SMILES string of the molecule is CC1(C)c2ccccc2-c2ccc(-n3c4ccccc4c4c5c6ccccc6n(-c6ncccc6-c6ccccc6)c5ccc43)cc21. The van der Waals surface area contributed by atoms with Gasteiger partial charge in [-0.3, -0.25) is 4.57 Å². The quantitative estimate of drug-likeness (QED) is 0.198. The monoisotopic (exact) mass is 601 g/mol. The highest BCUT2D eigenvalue weighted by Gasteiger charge is 2.35. The van der Waals surface area contributed by atoms with Gasteiger partial charge in [-0.1, -0.05) is 111 Å². The number of fused-ring (bicyclic) bond motifs is 10. The Labute approximate surface area is 273 Å². The Morgan fingerprint density at radius 1 is 0.468 bits per heavy atom. The van der Waals surface area contributed by atoms with Crippen molar-refractivity contribution in [2.75, 3.05) is 0 Å². The van der Waals surface area contributed by atoms with Crippen molar-refractivity contribution in [3.63, 3.8) is 0 Å². The number of hydrogen-bond acceptors (Lipinski definition) is 1. The van der Waals surface area contributed by atoms with E-state index in [1.54, 1.807) is 0 Å². The van der Waals surface area contributed by atoms with E-state index in [1.807, 2.05) is 12.3 Å². The zero-order chi connectivity index (χ0) is 31.3. The predicted molar refractivity (Wildman–Crippen MR) is 196 cm³/mol. The minimum atomic E-state index is -0.0689. The lowest BCUT2D eigenvalue weighted by Gasteiger charge is -2.22. The van der Waals surface area contributed by atoms with Crippen molar-refractivity contribution in [3.05, 3.63) is 163 Å². The molecule has 0 saturated carbocycles. The number of pyridine rings is 1.